The Labute approximate surface area is 655 Å². The molecule has 0 radical (unpaired) electrons. The highest BCUT2D eigenvalue weighted by molar-refractivity contribution is 7.47. The maximum absolute atomic E-state index is 13.1. The molecule has 0 spiro atoms. The molecule has 0 aliphatic carbocycles. The van der Waals surface area contributed by atoms with Crippen molar-refractivity contribution in [3.05, 3.63) is 158 Å². The Balaban J connectivity index is 5.48. The summed E-state index contributed by atoms with van der Waals surface area (Å²) in [6, 6.07) is 0. The fraction of sp³-hybridized carbons (Fsp3) is 0.663. The Morgan fingerprint density at radius 1 is 0.269 bits per heavy atom. The van der Waals surface area contributed by atoms with Crippen molar-refractivity contribution in [2.45, 2.75) is 341 Å². The van der Waals surface area contributed by atoms with Gasteiger partial charge in [0.05, 0.1) is 26.4 Å². The summed E-state index contributed by atoms with van der Waals surface area (Å²) in [6.07, 6.45) is 93.7. The van der Waals surface area contributed by atoms with Crippen LogP contribution in [0.15, 0.2) is 158 Å². The van der Waals surface area contributed by atoms with Gasteiger partial charge in [-0.15, -0.1) is 0 Å². The Hall–Kier alpha value is -5.32. The van der Waals surface area contributed by atoms with Crippen molar-refractivity contribution in [1.29, 1.82) is 0 Å². The van der Waals surface area contributed by atoms with Crippen LogP contribution in [-0.2, 0) is 65.4 Å². The van der Waals surface area contributed by atoms with E-state index >= 15 is 0 Å². The molecule has 0 amide bonds. The third-order valence-electron chi connectivity index (χ3n) is 17.0. The Kier molecular flexibility index (Phi) is 75.8. The van der Waals surface area contributed by atoms with E-state index < -0.39 is 97.5 Å². The fourth-order valence-corrected chi connectivity index (χ4v) is 12.3. The first-order valence-electron chi connectivity index (χ1n) is 41.7. The van der Waals surface area contributed by atoms with Crippen LogP contribution in [0.2, 0.25) is 0 Å². The number of phosphoric ester groups is 2. The molecule has 0 aliphatic heterocycles. The number of ether oxygens (including phenoxy) is 4. The summed E-state index contributed by atoms with van der Waals surface area (Å²) in [5, 5.41) is 10.7. The van der Waals surface area contributed by atoms with Gasteiger partial charge in [-0.2, -0.15) is 0 Å². The average molecular weight is 1550 g/mol. The second kappa shape index (κ2) is 79.8. The third-order valence-corrected chi connectivity index (χ3v) is 18.9. The molecule has 17 nitrogen and oxygen atoms in total. The van der Waals surface area contributed by atoms with Gasteiger partial charge in [-0.1, -0.05) is 295 Å². The van der Waals surface area contributed by atoms with Gasteiger partial charge in [-0.3, -0.25) is 37.3 Å². The van der Waals surface area contributed by atoms with Gasteiger partial charge in [0, 0.05) is 25.7 Å². The van der Waals surface area contributed by atoms with Gasteiger partial charge in [0.1, 0.15) is 19.3 Å². The summed E-state index contributed by atoms with van der Waals surface area (Å²) in [5.41, 5.74) is 0. The quantitative estimate of drug-likeness (QED) is 0.0169. The highest BCUT2D eigenvalue weighted by atomic mass is 31.2. The van der Waals surface area contributed by atoms with Gasteiger partial charge >= 0.3 is 39.5 Å². The predicted octanol–water partition coefficient (Wildman–Crippen LogP) is 24.8. The standard InChI is InChI=1S/C89H148O17P2/c1-5-9-13-17-21-25-29-33-37-39-41-43-47-50-54-58-62-66-70-74-87(92)100-80-84(105-88(93)75-71-67-63-59-55-51-46-36-32-28-24-20-16-12-8-4)81-103-107(95,96)101-77-83(90)78-102-108(97,98)104-82-85(79-99-86(91)73-69-65-61-57-53-49-45-35-31-27-23-19-15-11-7-3)106-89(94)76-72-68-64-60-56-52-48-44-42-40-38-34-30-26-22-18-14-10-6-2/h9-10,13-14,21-22,25-26,28,32-35,37-38,41-45,50,52,54,56,62,66,83-85,90H,5-8,11-12,15-20,23-24,27,29-31,36,39-40,46-49,51,53,55,57-61,63-65,67-82H2,1-4H3,(H,95,96)(H,97,98)/b13-9-,14-10-,25-21-,26-22-,32-28-,37-33-,38-34-,43-41-,44-42-,45-35-,54-50-,56-52-,66-62-/t83-,84-,85-/m1/s1. The minimum atomic E-state index is -5.01. The maximum Gasteiger partial charge on any atom is 0.472 e. The van der Waals surface area contributed by atoms with Crippen LogP contribution in [0.4, 0.5) is 0 Å². The zero-order valence-electron chi connectivity index (χ0n) is 67.5. The number of carbonyl (C=O) groups is 4. The van der Waals surface area contributed by atoms with Crippen molar-refractivity contribution >= 4 is 39.5 Å². The van der Waals surface area contributed by atoms with Crippen LogP contribution in [0, 0.1) is 0 Å². The first kappa shape index (κ1) is 103. The number of rotatable bonds is 77. The highest BCUT2D eigenvalue weighted by Gasteiger charge is 2.30. The molecule has 108 heavy (non-hydrogen) atoms. The van der Waals surface area contributed by atoms with Crippen molar-refractivity contribution < 1.29 is 80.2 Å². The highest BCUT2D eigenvalue weighted by Crippen LogP contribution is 2.45. The number of unbranched alkanes of at least 4 members (excludes halogenated alkanes) is 25. The molecule has 19 heteroatoms. The third kappa shape index (κ3) is 78.8. The van der Waals surface area contributed by atoms with Gasteiger partial charge in [-0.05, 0) is 161 Å². The van der Waals surface area contributed by atoms with Crippen LogP contribution in [0.5, 0.6) is 0 Å². The van der Waals surface area contributed by atoms with Crippen LogP contribution >= 0.6 is 15.6 Å². The first-order chi connectivity index (χ1) is 52.7. The summed E-state index contributed by atoms with van der Waals surface area (Å²) in [5.74, 6) is -2.33. The molecule has 5 atom stereocenters. The molecule has 0 heterocycles. The summed E-state index contributed by atoms with van der Waals surface area (Å²) in [6.45, 7) is 4.51. The lowest BCUT2D eigenvalue weighted by atomic mass is 10.1. The number of allylic oxidation sites excluding steroid dienone is 26. The maximum atomic E-state index is 13.1. The fourth-order valence-electron chi connectivity index (χ4n) is 10.7. The molecule has 0 saturated heterocycles. The molecule has 616 valence electrons. The number of aliphatic hydroxyl groups is 1. The second-order valence-corrected chi connectivity index (χ2v) is 30.2. The van der Waals surface area contributed by atoms with E-state index in [2.05, 4.69) is 167 Å². The van der Waals surface area contributed by atoms with E-state index in [1.165, 1.54) is 64.2 Å². The lowest BCUT2D eigenvalue weighted by Gasteiger charge is -2.21. The number of phosphoric acid groups is 2. The van der Waals surface area contributed by atoms with E-state index in [9.17, 15) is 43.2 Å². The van der Waals surface area contributed by atoms with E-state index in [0.717, 1.165) is 173 Å². The SMILES string of the molecule is CC/C=C\C/C=C\C/C=C\C/C=C\C/C=C\C/C=C\CCC(=O)OC[C@H](COP(=O)(O)OC[C@@H](O)COP(=O)(O)OC[C@@H](COC(=O)CCCCCCC/C=C\CCCCCCCC)OC(=O)CCCCC/C=C\C/C=C\C/C=C\C/C=C\C/C=C\CC)OC(=O)CCCCCCCCC/C=C\CCCCCC. The van der Waals surface area contributed by atoms with Crippen molar-refractivity contribution in [1.82, 2.24) is 0 Å². The predicted molar refractivity (Wildman–Crippen MR) is 445 cm³/mol. The Morgan fingerprint density at radius 2 is 0.500 bits per heavy atom. The van der Waals surface area contributed by atoms with Gasteiger partial charge in [0.2, 0.25) is 0 Å². The molecule has 2 unspecified atom stereocenters. The minimum absolute atomic E-state index is 0.0308. The van der Waals surface area contributed by atoms with Gasteiger partial charge in [-0.25, -0.2) is 9.13 Å². The monoisotopic (exact) mass is 1550 g/mol. The van der Waals surface area contributed by atoms with Gasteiger partial charge in [0.15, 0.2) is 12.2 Å². The van der Waals surface area contributed by atoms with Gasteiger partial charge in [0.25, 0.3) is 0 Å². The van der Waals surface area contributed by atoms with E-state index in [-0.39, 0.29) is 25.7 Å². The Morgan fingerprint density at radius 3 is 0.824 bits per heavy atom. The van der Waals surface area contributed by atoms with Crippen LogP contribution in [-0.4, -0.2) is 96.7 Å². The van der Waals surface area contributed by atoms with Crippen LogP contribution in [0.3, 0.4) is 0 Å². The molecule has 0 aliphatic rings. The lowest BCUT2D eigenvalue weighted by molar-refractivity contribution is -0.161. The number of carbonyl (C=O) groups excluding carboxylic acids is 4. The number of aliphatic hydroxyl groups excluding tert-OH is 1. The molecule has 0 aromatic carbocycles. The van der Waals surface area contributed by atoms with Crippen molar-refractivity contribution in [3.8, 4) is 0 Å². The number of hydrogen-bond donors (Lipinski definition) is 3. The summed E-state index contributed by atoms with van der Waals surface area (Å²) in [4.78, 5) is 73.1. The Bertz CT molecular complexity index is 2660. The molecule has 0 bridgehead atoms. The second-order valence-electron chi connectivity index (χ2n) is 27.3. The molecule has 0 saturated carbocycles. The molecular weight excluding hydrogens is 1400 g/mol. The molecular formula is C89H148O17P2. The van der Waals surface area contributed by atoms with E-state index in [0.29, 0.717) is 32.1 Å². The number of hydrogen-bond acceptors (Lipinski definition) is 15. The largest absolute Gasteiger partial charge is 0.472 e. The zero-order chi connectivity index (χ0) is 78.9. The van der Waals surface area contributed by atoms with E-state index in [1.54, 1.807) is 0 Å². The van der Waals surface area contributed by atoms with Gasteiger partial charge < -0.3 is 33.8 Å². The average Bonchev–Trinajstić information content (AvgIpc) is 0.914. The summed E-state index contributed by atoms with van der Waals surface area (Å²) < 4.78 is 68.6. The smallest absolute Gasteiger partial charge is 0.462 e. The molecule has 0 rings (SSSR count). The number of esters is 4. The first-order valence-corrected chi connectivity index (χ1v) is 44.7. The van der Waals surface area contributed by atoms with E-state index in [4.69, 9.17) is 37.0 Å². The van der Waals surface area contributed by atoms with Crippen molar-refractivity contribution in [2.24, 2.45) is 0 Å². The van der Waals surface area contributed by atoms with E-state index in [1.807, 2.05) is 18.2 Å². The minimum Gasteiger partial charge on any atom is -0.462 e. The van der Waals surface area contributed by atoms with Crippen LogP contribution in [0.25, 0.3) is 0 Å². The molecule has 3 N–H and O–H groups in total. The molecule has 0 aromatic heterocycles. The summed E-state index contributed by atoms with van der Waals surface area (Å²) >= 11 is 0. The molecule has 0 fully saturated rings. The van der Waals surface area contributed by atoms with Crippen molar-refractivity contribution in [3.63, 3.8) is 0 Å². The normalized spacial score (nSPS) is 14.6. The van der Waals surface area contributed by atoms with Crippen LogP contribution in [0.1, 0.15) is 323 Å². The van der Waals surface area contributed by atoms with Crippen LogP contribution < -0.4 is 0 Å². The zero-order valence-corrected chi connectivity index (χ0v) is 69.3. The molecule has 0 aromatic rings. The van der Waals surface area contributed by atoms with Crippen molar-refractivity contribution in [2.75, 3.05) is 39.6 Å². The lowest BCUT2D eigenvalue weighted by Crippen LogP contribution is -2.30. The topological polar surface area (TPSA) is 237 Å². The summed E-state index contributed by atoms with van der Waals surface area (Å²) in [7, 11) is -10.0.